The van der Waals surface area contributed by atoms with Crippen LogP contribution in [0.2, 0.25) is 0 Å². The van der Waals surface area contributed by atoms with E-state index < -0.39 is 0 Å². The molecule has 29 heavy (non-hydrogen) atoms. The van der Waals surface area contributed by atoms with Crippen LogP contribution in [0, 0.1) is 6.92 Å². The lowest BCUT2D eigenvalue weighted by Crippen LogP contribution is -2.49. The summed E-state index contributed by atoms with van der Waals surface area (Å²) in [6.45, 7) is 8.21. The number of halogens is 1. The quantitative estimate of drug-likeness (QED) is 0.801. The predicted octanol–water partition coefficient (Wildman–Crippen LogP) is 1.87. The Morgan fingerprint density at radius 3 is 2.69 bits per heavy atom. The van der Waals surface area contributed by atoms with Crippen molar-refractivity contribution in [3.8, 4) is 0 Å². The molecule has 1 amide bonds. The topological polar surface area (TPSA) is 62.6 Å². The molecule has 0 saturated carbocycles. The Morgan fingerprint density at radius 2 is 1.97 bits per heavy atom. The third kappa shape index (κ3) is 4.42. The molecule has 1 N–H and O–H groups in total. The van der Waals surface area contributed by atoms with Crippen molar-refractivity contribution < 1.29 is 9.53 Å². The Balaban J connectivity index is 0.00000240. The van der Waals surface area contributed by atoms with Crippen molar-refractivity contribution in [2.45, 2.75) is 26.4 Å². The van der Waals surface area contributed by atoms with Crippen LogP contribution >= 0.6 is 12.4 Å². The van der Waals surface area contributed by atoms with Gasteiger partial charge in [-0.15, -0.1) is 12.4 Å². The van der Waals surface area contributed by atoms with Crippen LogP contribution in [0.15, 0.2) is 24.3 Å². The second-order valence-corrected chi connectivity index (χ2v) is 7.48. The summed E-state index contributed by atoms with van der Waals surface area (Å²) in [7, 11) is 1.69. The molecule has 3 heterocycles. The van der Waals surface area contributed by atoms with Crippen LogP contribution in [0.5, 0.6) is 0 Å². The van der Waals surface area contributed by atoms with E-state index in [1.165, 1.54) is 16.9 Å². The molecule has 0 radical (unpaired) electrons. The van der Waals surface area contributed by atoms with Gasteiger partial charge >= 0.3 is 0 Å². The third-order valence-corrected chi connectivity index (χ3v) is 5.74. The molecule has 1 fully saturated rings. The maximum Gasteiger partial charge on any atom is 0.274 e. The van der Waals surface area contributed by atoms with Crippen LogP contribution in [0.4, 0.5) is 5.69 Å². The maximum atomic E-state index is 13.2. The fourth-order valence-electron chi connectivity index (χ4n) is 4.17. The van der Waals surface area contributed by atoms with Crippen molar-refractivity contribution in [3.05, 3.63) is 46.8 Å². The number of benzene rings is 1. The number of hydrogen-bond acceptors (Lipinski definition) is 5. The van der Waals surface area contributed by atoms with Crippen molar-refractivity contribution in [2.75, 3.05) is 51.3 Å². The summed E-state index contributed by atoms with van der Waals surface area (Å²) in [5.74, 6) is 0.0561. The van der Waals surface area contributed by atoms with Crippen molar-refractivity contribution in [1.29, 1.82) is 0 Å². The number of aryl methyl sites for hydroxylation is 1. The number of fused-ring (bicyclic) bond motifs is 1. The number of piperazine rings is 1. The predicted molar refractivity (Wildman–Crippen MR) is 116 cm³/mol. The number of carbonyl (C=O) groups excluding carboxylic acids is 1. The highest BCUT2D eigenvalue weighted by Crippen LogP contribution is 2.23. The van der Waals surface area contributed by atoms with E-state index in [1.807, 2.05) is 9.58 Å². The van der Waals surface area contributed by atoms with Crippen LogP contribution < -0.4 is 10.2 Å². The van der Waals surface area contributed by atoms with Gasteiger partial charge in [-0.05, 0) is 18.6 Å². The molecule has 2 aromatic rings. The summed E-state index contributed by atoms with van der Waals surface area (Å²) in [6.07, 6.45) is 0.903. The first kappa shape index (κ1) is 21.6. The Bertz CT molecular complexity index is 846. The second-order valence-electron chi connectivity index (χ2n) is 7.48. The fourth-order valence-corrected chi connectivity index (χ4v) is 4.17. The van der Waals surface area contributed by atoms with Crippen molar-refractivity contribution in [1.82, 2.24) is 20.0 Å². The number of hydrogen-bond donors (Lipinski definition) is 1. The van der Waals surface area contributed by atoms with Gasteiger partial charge in [-0.3, -0.25) is 9.48 Å². The zero-order chi connectivity index (χ0) is 19.5. The van der Waals surface area contributed by atoms with Crippen LogP contribution in [0.3, 0.4) is 0 Å². The first-order valence-corrected chi connectivity index (χ1v) is 10.1. The van der Waals surface area contributed by atoms with Crippen LogP contribution in [0.1, 0.15) is 27.3 Å². The first-order valence-electron chi connectivity index (χ1n) is 10.1. The molecule has 4 rings (SSSR count). The molecule has 1 saturated heterocycles. The van der Waals surface area contributed by atoms with E-state index in [0.717, 1.165) is 44.7 Å². The minimum absolute atomic E-state index is 0. The number of nitrogens with one attached hydrogen (secondary N) is 1. The molecular formula is C21H30ClN5O2. The number of carbonyl (C=O) groups is 1. The van der Waals surface area contributed by atoms with E-state index in [1.54, 1.807) is 7.11 Å². The molecule has 0 aliphatic carbocycles. The van der Waals surface area contributed by atoms with E-state index >= 15 is 0 Å². The van der Waals surface area contributed by atoms with Gasteiger partial charge in [0.05, 0.1) is 13.2 Å². The van der Waals surface area contributed by atoms with Crippen molar-refractivity contribution in [2.24, 2.45) is 0 Å². The van der Waals surface area contributed by atoms with E-state index in [2.05, 4.69) is 46.5 Å². The molecule has 0 bridgehead atoms. The van der Waals surface area contributed by atoms with Gasteiger partial charge < -0.3 is 19.9 Å². The van der Waals surface area contributed by atoms with E-state index in [4.69, 9.17) is 4.74 Å². The molecule has 1 aromatic heterocycles. The van der Waals surface area contributed by atoms with Gasteiger partial charge in [-0.2, -0.15) is 5.10 Å². The molecule has 0 unspecified atom stereocenters. The van der Waals surface area contributed by atoms with Crippen LogP contribution in [0.25, 0.3) is 0 Å². The minimum Gasteiger partial charge on any atom is -0.383 e. The lowest BCUT2D eigenvalue weighted by molar-refractivity contribution is 0.0738. The van der Waals surface area contributed by atoms with Gasteiger partial charge in [-0.25, -0.2) is 0 Å². The molecule has 158 valence electrons. The molecule has 2 aliphatic heterocycles. The highest BCUT2D eigenvalue weighted by Gasteiger charge is 2.30. The number of aromatic nitrogens is 2. The van der Waals surface area contributed by atoms with Crippen molar-refractivity contribution >= 4 is 24.0 Å². The lowest BCUT2D eigenvalue weighted by atomic mass is 10.1. The number of amides is 1. The fraction of sp³-hybridized carbons (Fsp3) is 0.524. The summed E-state index contributed by atoms with van der Waals surface area (Å²) >= 11 is 0. The smallest absolute Gasteiger partial charge is 0.274 e. The molecule has 2 aliphatic rings. The zero-order valence-corrected chi connectivity index (χ0v) is 18.0. The first-order chi connectivity index (χ1) is 13.7. The van der Waals surface area contributed by atoms with Gasteiger partial charge in [-0.1, -0.05) is 18.2 Å². The van der Waals surface area contributed by atoms with E-state index in [9.17, 15) is 4.79 Å². The largest absolute Gasteiger partial charge is 0.383 e. The van der Waals surface area contributed by atoms with Crippen LogP contribution in [-0.4, -0.2) is 67.0 Å². The summed E-state index contributed by atoms with van der Waals surface area (Å²) < 4.78 is 7.18. The molecule has 0 spiro atoms. The summed E-state index contributed by atoms with van der Waals surface area (Å²) in [6, 6.07) is 8.44. The number of rotatable bonds is 5. The highest BCUT2D eigenvalue weighted by molar-refractivity contribution is 5.94. The summed E-state index contributed by atoms with van der Waals surface area (Å²) in [5.41, 5.74) is 5.40. The van der Waals surface area contributed by atoms with Crippen molar-refractivity contribution in [3.63, 3.8) is 0 Å². The third-order valence-electron chi connectivity index (χ3n) is 5.74. The number of ether oxygens (including phenoxy) is 1. The average Bonchev–Trinajstić information content (AvgIpc) is 3.11. The Morgan fingerprint density at radius 1 is 1.21 bits per heavy atom. The molecule has 8 heteroatoms. The maximum absolute atomic E-state index is 13.2. The summed E-state index contributed by atoms with van der Waals surface area (Å²) in [4.78, 5) is 17.6. The SMILES string of the molecule is COCCn1nc(C(=O)N2CCN(c3ccccc3C)CC2)c2c1CCNC2.Cl. The Hall–Kier alpha value is -2.09. The average molecular weight is 420 g/mol. The lowest BCUT2D eigenvalue weighted by Gasteiger charge is -2.36. The van der Waals surface area contributed by atoms with Gasteiger partial charge in [0.2, 0.25) is 0 Å². The molecule has 0 atom stereocenters. The normalized spacial score (nSPS) is 16.3. The second kappa shape index (κ2) is 9.61. The monoisotopic (exact) mass is 419 g/mol. The zero-order valence-electron chi connectivity index (χ0n) is 17.2. The standard InChI is InChI=1S/C21H29N5O2.ClH/c1-16-5-3-4-6-18(16)24-9-11-25(12-10-24)21(27)20-17-15-22-8-7-19(17)26(23-20)13-14-28-2;/h3-6,22H,7-15H2,1-2H3;1H. The van der Waals surface area contributed by atoms with Gasteiger partial charge in [0.15, 0.2) is 5.69 Å². The number of para-hydroxylation sites is 1. The van der Waals surface area contributed by atoms with E-state index in [0.29, 0.717) is 25.4 Å². The Kier molecular flexibility index (Phi) is 7.16. The van der Waals surface area contributed by atoms with Gasteiger partial charge in [0, 0.05) is 69.7 Å². The molecular weight excluding hydrogens is 390 g/mol. The molecule has 7 nitrogen and oxygen atoms in total. The minimum atomic E-state index is 0. The van der Waals surface area contributed by atoms with E-state index in [-0.39, 0.29) is 18.3 Å². The number of nitrogens with zero attached hydrogens (tertiary/aromatic N) is 4. The van der Waals surface area contributed by atoms with Crippen LogP contribution in [-0.2, 0) is 24.2 Å². The molecule has 1 aromatic carbocycles. The number of methoxy groups -OCH3 is 1. The summed E-state index contributed by atoms with van der Waals surface area (Å²) in [5, 5.41) is 8.07. The van der Waals surface area contributed by atoms with Gasteiger partial charge in [0.25, 0.3) is 5.91 Å². The highest BCUT2D eigenvalue weighted by atomic mass is 35.5. The Labute approximate surface area is 178 Å². The number of anilines is 1. The van der Waals surface area contributed by atoms with Gasteiger partial charge in [0.1, 0.15) is 0 Å².